The highest BCUT2D eigenvalue weighted by molar-refractivity contribution is 5.83. The van der Waals surface area contributed by atoms with E-state index in [-0.39, 0.29) is 25.0 Å². The molecule has 1 aliphatic carbocycles. The molecule has 2 aromatic carbocycles. The van der Waals surface area contributed by atoms with Crippen molar-refractivity contribution in [2.75, 3.05) is 0 Å². The highest BCUT2D eigenvalue weighted by Gasteiger charge is 2.46. The number of hydrogen-bond donors (Lipinski definition) is 6. The minimum atomic E-state index is -1.07. The van der Waals surface area contributed by atoms with Gasteiger partial charge in [0.25, 0.3) is 0 Å². The lowest BCUT2D eigenvalue weighted by Crippen LogP contribution is -2.35. The fourth-order valence-corrected chi connectivity index (χ4v) is 8.08. The van der Waals surface area contributed by atoms with Crippen molar-refractivity contribution in [3.8, 4) is 35.4 Å². The second kappa shape index (κ2) is 15.2. The highest BCUT2D eigenvalue weighted by Crippen LogP contribution is 2.50. The van der Waals surface area contributed by atoms with Crippen molar-refractivity contribution in [1.82, 2.24) is 9.55 Å². The second-order valence-electron chi connectivity index (χ2n) is 14.7. The van der Waals surface area contributed by atoms with Crippen molar-refractivity contribution in [1.29, 1.82) is 0 Å². The Morgan fingerprint density at radius 2 is 1.88 bits per heavy atom. The fraction of sp³-hybridized carbons (Fsp3) is 0.452. The zero-order chi connectivity index (χ0) is 36.4. The number of carbonyl (C=O) groups is 1. The molecule has 5 atom stereocenters. The van der Waals surface area contributed by atoms with Crippen LogP contribution in [0.1, 0.15) is 111 Å². The van der Waals surface area contributed by atoms with E-state index in [1.807, 2.05) is 55.7 Å². The number of ether oxygens (including phenoxy) is 2. The van der Waals surface area contributed by atoms with Crippen molar-refractivity contribution >= 4 is 16.7 Å². The van der Waals surface area contributed by atoms with Gasteiger partial charge in [0.15, 0.2) is 17.7 Å². The van der Waals surface area contributed by atoms with E-state index in [1.165, 1.54) is 0 Å². The molecule has 4 heterocycles. The van der Waals surface area contributed by atoms with Crippen molar-refractivity contribution in [2.45, 2.75) is 108 Å². The first-order valence-electron chi connectivity index (χ1n) is 18.5. The van der Waals surface area contributed by atoms with Crippen LogP contribution in [0.3, 0.4) is 0 Å². The number of aliphatic hydroxyl groups excluding tert-OH is 3. The lowest BCUT2D eigenvalue weighted by atomic mass is 9.73. The molecule has 1 spiro atoms. The van der Waals surface area contributed by atoms with Crippen LogP contribution >= 0.6 is 0 Å². The van der Waals surface area contributed by atoms with Gasteiger partial charge in [0.2, 0.25) is 0 Å². The summed E-state index contributed by atoms with van der Waals surface area (Å²) < 4.78 is 15.1. The molecular weight excluding hydrogens is 656 g/mol. The predicted molar refractivity (Wildman–Crippen MR) is 198 cm³/mol. The van der Waals surface area contributed by atoms with Gasteiger partial charge in [0, 0.05) is 43.2 Å². The van der Waals surface area contributed by atoms with Crippen LogP contribution in [0.4, 0.5) is 0 Å². The standard InChI is InChI=1S/C42H48N4O6/c1-2-5-30(47)21-32(49)22-31(48)9-6-26-7-13-38-39(18-26)52-41-35(42(16-17-51-38)14-3-4-15-42)11-12-37(50)33-10-8-27(40(43)44)19-28(33)20-29-23-45-36-25-46(41)24-34(29)36/h7-8,10,13,18-19,23-25,30,32,35,37,40-41,45,47,49-50H,2-6,9,14-15,20-22,43-44H2,1H3. The number of ketones is 1. The van der Waals surface area contributed by atoms with E-state index in [1.54, 1.807) is 0 Å². The van der Waals surface area contributed by atoms with E-state index in [9.17, 15) is 20.1 Å². The maximum atomic E-state index is 12.8. The minimum absolute atomic E-state index is 0.00618. The maximum Gasteiger partial charge on any atom is 0.191 e. The van der Waals surface area contributed by atoms with Crippen molar-refractivity contribution in [3.63, 3.8) is 0 Å². The van der Waals surface area contributed by atoms with E-state index in [2.05, 4.69) is 39.6 Å². The number of hydrogen-bond acceptors (Lipinski definition) is 8. The maximum absolute atomic E-state index is 12.8. The Bertz CT molecular complexity index is 2050. The number of fused-ring (bicyclic) bond motifs is 6. The van der Waals surface area contributed by atoms with Crippen LogP contribution in [0.25, 0.3) is 10.9 Å². The normalized spacial score (nSPS) is 21.3. The van der Waals surface area contributed by atoms with E-state index < -0.39 is 42.0 Å². The summed E-state index contributed by atoms with van der Waals surface area (Å²) in [7, 11) is 0. The molecule has 10 nitrogen and oxygen atoms in total. The number of nitrogens with one attached hydrogen (secondary N) is 1. The van der Waals surface area contributed by atoms with Crippen molar-refractivity contribution < 1.29 is 29.6 Å². The summed E-state index contributed by atoms with van der Waals surface area (Å²) in [6, 6.07) is 11.3. The van der Waals surface area contributed by atoms with E-state index in [0.29, 0.717) is 36.3 Å². The number of aryl methyl sites for hydroxylation is 1. The zero-order valence-electron chi connectivity index (χ0n) is 29.6. The third-order valence-corrected chi connectivity index (χ3v) is 10.9. The summed E-state index contributed by atoms with van der Waals surface area (Å²) >= 11 is 0. The monoisotopic (exact) mass is 704 g/mol. The Morgan fingerprint density at radius 1 is 1.06 bits per heavy atom. The average molecular weight is 705 g/mol. The second-order valence-corrected chi connectivity index (χ2v) is 14.7. The molecule has 2 aliphatic heterocycles. The van der Waals surface area contributed by atoms with Crippen LogP contribution in [0.2, 0.25) is 0 Å². The molecule has 52 heavy (non-hydrogen) atoms. The molecule has 4 aromatic rings. The first-order valence-corrected chi connectivity index (χ1v) is 18.5. The molecule has 0 amide bonds. The van der Waals surface area contributed by atoms with Gasteiger partial charge in [0.1, 0.15) is 18.0 Å². The topological polar surface area (TPSA) is 169 Å². The SMILES string of the molecule is CCCC(O)CC(O)CC(=O)CCc1ccc2c(c1)OC1C(C#CC(O)c3ccc(C(N)N)cc3Cc3c[nH]c4cn1cc34)C1(C#CO2)CCCC1. The molecule has 7 rings (SSSR count). The molecule has 1 fully saturated rings. The van der Waals surface area contributed by atoms with Crippen molar-refractivity contribution in [3.05, 3.63) is 82.8 Å². The van der Waals surface area contributed by atoms with Crippen LogP contribution < -0.4 is 20.9 Å². The predicted octanol–water partition coefficient (Wildman–Crippen LogP) is 5.44. The molecule has 272 valence electrons. The largest absolute Gasteiger partial charge is 0.465 e. The number of nitrogens with zero attached hydrogens (tertiary/aromatic N) is 1. The number of rotatable bonds is 10. The van der Waals surface area contributed by atoms with Gasteiger partial charge < -0.3 is 45.8 Å². The molecule has 10 heteroatoms. The van der Waals surface area contributed by atoms with Crippen LogP contribution in [-0.2, 0) is 17.6 Å². The number of H-pyrrole nitrogens is 1. The Balaban J connectivity index is 1.25. The molecule has 3 aliphatic rings. The number of aromatic nitrogens is 2. The summed E-state index contributed by atoms with van der Waals surface area (Å²) in [5.74, 6) is 10.6. The Morgan fingerprint density at radius 3 is 2.67 bits per heavy atom. The third kappa shape index (κ3) is 7.50. The molecular formula is C42H48N4O6. The van der Waals surface area contributed by atoms with Crippen LogP contribution in [-0.4, -0.2) is 42.9 Å². The molecule has 8 N–H and O–H groups in total. The highest BCUT2D eigenvalue weighted by atomic mass is 16.5. The summed E-state index contributed by atoms with van der Waals surface area (Å²) in [6.45, 7) is 1.97. The number of benzene rings is 2. The Kier molecular flexibility index (Phi) is 10.5. The lowest BCUT2D eigenvalue weighted by molar-refractivity contribution is -0.121. The Hall–Kier alpha value is -4.55. The first-order chi connectivity index (χ1) is 25.1. The summed E-state index contributed by atoms with van der Waals surface area (Å²) in [6.07, 6.45) is 11.8. The first kappa shape index (κ1) is 35.8. The summed E-state index contributed by atoms with van der Waals surface area (Å²) in [5.41, 5.74) is 16.8. The quantitative estimate of drug-likeness (QED) is 0.0938. The van der Waals surface area contributed by atoms with Gasteiger partial charge in [-0.15, -0.1) is 0 Å². The van der Waals surface area contributed by atoms with Crippen LogP contribution in [0, 0.1) is 35.2 Å². The smallest absolute Gasteiger partial charge is 0.191 e. The molecule has 0 radical (unpaired) electrons. The van der Waals surface area contributed by atoms with Gasteiger partial charge in [-0.05, 0) is 72.1 Å². The number of nitrogens with two attached hydrogens (primary N) is 2. The zero-order valence-corrected chi connectivity index (χ0v) is 29.6. The van der Waals surface area contributed by atoms with Gasteiger partial charge in [0.05, 0.1) is 35.2 Å². The molecule has 2 bridgehead atoms. The molecule has 0 saturated heterocycles. The number of aliphatic hydroxyl groups is 3. The molecule has 1 saturated carbocycles. The van der Waals surface area contributed by atoms with E-state index >= 15 is 0 Å². The number of aromatic amines is 1. The van der Waals surface area contributed by atoms with Gasteiger partial charge in [-0.1, -0.05) is 68.2 Å². The van der Waals surface area contributed by atoms with Crippen LogP contribution in [0.5, 0.6) is 11.5 Å². The summed E-state index contributed by atoms with van der Waals surface area (Å²) in [4.78, 5) is 16.3. The van der Waals surface area contributed by atoms with Gasteiger partial charge in [-0.25, -0.2) is 0 Å². The van der Waals surface area contributed by atoms with Crippen molar-refractivity contribution in [2.24, 2.45) is 22.8 Å². The Labute approximate surface area is 304 Å². The third-order valence-electron chi connectivity index (χ3n) is 10.9. The van der Waals surface area contributed by atoms with Gasteiger partial charge >= 0.3 is 0 Å². The molecule has 2 aromatic heterocycles. The molecule has 5 unspecified atom stereocenters. The summed E-state index contributed by atoms with van der Waals surface area (Å²) in [5, 5.41) is 33.1. The number of Topliss-reactive ketones (excluding diaryl/α,β-unsaturated/α-hetero) is 1. The van der Waals surface area contributed by atoms with Crippen LogP contribution in [0.15, 0.2) is 55.0 Å². The van der Waals surface area contributed by atoms with E-state index in [0.717, 1.165) is 65.3 Å². The minimum Gasteiger partial charge on any atom is -0.465 e. The van der Waals surface area contributed by atoms with Gasteiger partial charge in [-0.2, -0.15) is 0 Å². The lowest BCUT2D eigenvalue weighted by Gasteiger charge is -2.35. The number of carbonyl (C=O) groups excluding carboxylic acids is 1. The average Bonchev–Trinajstić information content (AvgIpc) is 3.85. The van der Waals surface area contributed by atoms with E-state index in [4.69, 9.17) is 20.9 Å². The van der Waals surface area contributed by atoms with Gasteiger partial charge in [-0.3, -0.25) is 4.79 Å². The fourth-order valence-electron chi connectivity index (χ4n) is 8.08.